The molecular weight excluding hydrogens is 412 g/mol. The van der Waals surface area contributed by atoms with Crippen LogP contribution in [0.25, 0.3) is 0 Å². The molecule has 0 radical (unpaired) electrons. The van der Waals surface area contributed by atoms with E-state index < -0.39 is 0 Å². The molecule has 2 heterocycles. The number of aromatic nitrogens is 3. The molecule has 1 amide bonds. The lowest BCUT2D eigenvalue weighted by Crippen LogP contribution is -2.39. The third-order valence-corrected chi connectivity index (χ3v) is 6.18. The number of piperidine rings is 1. The molecule has 31 heavy (non-hydrogen) atoms. The van der Waals surface area contributed by atoms with Gasteiger partial charge in [0.25, 0.3) is 0 Å². The molecule has 162 valence electrons. The standard InChI is InChI=1S/C24H27ClN4O2/c1-2-28-23(26-29(24(28)31)17-19-6-4-3-5-7-19)20-12-14-27(15-13-20)22(30)16-18-8-10-21(25)11-9-18/h3-11,20H,2,12-17H2,1H3. The molecule has 1 aromatic heterocycles. The Bertz CT molecular complexity index is 1080. The van der Waals surface area contributed by atoms with Gasteiger partial charge in [0.15, 0.2) is 0 Å². The van der Waals surface area contributed by atoms with Crippen molar-refractivity contribution < 1.29 is 4.79 Å². The van der Waals surface area contributed by atoms with Gasteiger partial charge >= 0.3 is 5.69 Å². The molecule has 1 fully saturated rings. The van der Waals surface area contributed by atoms with E-state index in [0.29, 0.717) is 37.6 Å². The summed E-state index contributed by atoms with van der Waals surface area (Å²) in [7, 11) is 0. The second kappa shape index (κ2) is 9.52. The quantitative estimate of drug-likeness (QED) is 0.589. The van der Waals surface area contributed by atoms with Gasteiger partial charge in [-0.1, -0.05) is 54.1 Å². The first-order valence-corrected chi connectivity index (χ1v) is 11.2. The fraction of sp³-hybridized carbons (Fsp3) is 0.375. The Hall–Kier alpha value is -2.86. The largest absolute Gasteiger partial charge is 0.346 e. The SMILES string of the molecule is CCn1c(C2CCN(C(=O)Cc3ccc(Cl)cc3)CC2)nn(Cc2ccccc2)c1=O. The van der Waals surface area contributed by atoms with E-state index in [0.717, 1.165) is 29.8 Å². The molecule has 4 rings (SSSR count). The summed E-state index contributed by atoms with van der Waals surface area (Å²) in [5, 5.41) is 5.37. The van der Waals surface area contributed by atoms with Gasteiger partial charge in [0.1, 0.15) is 5.82 Å². The van der Waals surface area contributed by atoms with Crippen molar-refractivity contribution in [2.45, 2.75) is 45.2 Å². The van der Waals surface area contributed by atoms with Crippen LogP contribution in [0.4, 0.5) is 0 Å². The molecule has 1 aliphatic heterocycles. The summed E-state index contributed by atoms with van der Waals surface area (Å²) in [6, 6.07) is 17.3. The maximum atomic E-state index is 12.9. The van der Waals surface area contributed by atoms with Gasteiger partial charge in [0.2, 0.25) is 5.91 Å². The van der Waals surface area contributed by atoms with E-state index in [4.69, 9.17) is 16.7 Å². The Labute approximate surface area is 187 Å². The number of amides is 1. The fourth-order valence-corrected chi connectivity index (χ4v) is 4.32. The molecule has 0 spiro atoms. The Kier molecular flexibility index (Phi) is 6.56. The summed E-state index contributed by atoms with van der Waals surface area (Å²) in [6.07, 6.45) is 2.01. The van der Waals surface area contributed by atoms with Crippen LogP contribution in [0.15, 0.2) is 59.4 Å². The van der Waals surface area contributed by atoms with E-state index in [-0.39, 0.29) is 17.5 Å². The van der Waals surface area contributed by atoms with Crippen LogP contribution < -0.4 is 5.69 Å². The Morgan fingerprint density at radius 1 is 1.03 bits per heavy atom. The molecule has 0 N–H and O–H groups in total. The average molecular weight is 439 g/mol. The topological polar surface area (TPSA) is 60.1 Å². The van der Waals surface area contributed by atoms with Gasteiger partial charge in [-0.2, -0.15) is 5.10 Å². The highest BCUT2D eigenvalue weighted by molar-refractivity contribution is 6.30. The molecule has 7 heteroatoms. The van der Waals surface area contributed by atoms with Crippen molar-refractivity contribution in [1.29, 1.82) is 0 Å². The van der Waals surface area contributed by atoms with Crippen molar-refractivity contribution in [2.75, 3.05) is 13.1 Å². The van der Waals surface area contributed by atoms with Crippen molar-refractivity contribution in [3.8, 4) is 0 Å². The summed E-state index contributed by atoms with van der Waals surface area (Å²) in [6.45, 7) is 4.40. The minimum atomic E-state index is -0.0670. The summed E-state index contributed by atoms with van der Waals surface area (Å²) >= 11 is 5.93. The molecule has 0 saturated carbocycles. The van der Waals surface area contributed by atoms with Crippen molar-refractivity contribution in [3.05, 3.63) is 87.1 Å². The first-order chi connectivity index (χ1) is 15.0. The van der Waals surface area contributed by atoms with Gasteiger partial charge < -0.3 is 4.90 Å². The van der Waals surface area contributed by atoms with Crippen LogP contribution in [0.5, 0.6) is 0 Å². The second-order valence-corrected chi connectivity index (χ2v) is 8.42. The number of carbonyl (C=O) groups is 1. The highest BCUT2D eigenvalue weighted by atomic mass is 35.5. The second-order valence-electron chi connectivity index (χ2n) is 7.99. The van der Waals surface area contributed by atoms with Crippen LogP contribution in [-0.2, 0) is 24.3 Å². The molecule has 0 atom stereocenters. The lowest BCUT2D eigenvalue weighted by Gasteiger charge is -2.31. The number of hydrogen-bond donors (Lipinski definition) is 0. The van der Waals surface area contributed by atoms with Gasteiger partial charge in [-0.25, -0.2) is 9.48 Å². The van der Waals surface area contributed by atoms with E-state index in [1.165, 1.54) is 0 Å². The number of benzene rings is 2. The van der Waals surface area contributed by atoms with Crippen LogP contribution in [-0.4, -0.2) is 38.2 Å². The molecule has 0 unspecified atom stereocenters. The van der Waals surface area contributed by atoms with Crippen LogP contribution in [0.3, 0.4) is 0 Å². The predicted octanol–water partition coefficient (Wildman–Crippen LogP) is 3.72. The van der Waals surface area contributed by atoms with Crippen LogP contribution in [0.2, 0.25) is 5.02 Å². The Morgan fingerprint density at radius 3 is 2.35 bits per heavy atom. The van der Waals surface area contributed by atoms with Crippen molar-refractivity contribution >= 4 is 17.5 Å². The summed E-state index contributed by atoms with van der Waals surface area (Å²) in [5.41, 5.74) is 1.96. The number of likely N-dealkylation sites (tertiary alicyclic amines) is 1. The monoisotopic (exact) mass is 438 g/mol. The number of hydrogen-bond acceptors (Lipinski definition) is 3. The maximum Gasteiger partial charge on any atom is 0.346 e. The zero-order valence-corrected chi connectivity index (χ0v) is 18.5. The molecule has 2 aromatic carbocycles. The summed E-state index contributed by atoms with van der Waals surface area (Å²) in [5.74, 6) is 1.15. The smallest absolute Gasteiger partial charge is 0.342 e. The lowest BCUT2D eigenvalue weighted by molar-refractivity contribution is -0.131. The molecule has 3 aromatic rings. The van der Waals surface area contributed by atoms with Crippen LogP contribution >= 0.6 is 11.6 Å². The van der Waals surface area contributed by atoms with E-state index in [2.05, 4.69) is 0 Å². The van der Waals surface area contributed by atoms with Crippen molar-refractivity contribution in [1.82, 2.24) is 19.2 Å². The minimum absolute atomic E-state index is 0.0670. The summed E-state index contributed by atoms with van der Waals surface area (Å²) in [4.78, 5) is 27.5. The van der Waals surface area contributed by atoms with Gasteiger partial charge in [-0.3, -0.25) is 9.36 Å². The number of halogens is 1. The van der Waals surface area contributed by atoms with Crippen molar-refractivity contribution in [3.63, 3.8) is 0 Å². The molecule has 0 aliphatic carbocycles. The van der Waals surface area contributed by atoms with Gasteiger partial charge in [-0.05, 0) is 43.0 Å². The number of nitrogens with zero attached hydrogens (tertiary/aromatic N) is 4. The number of rotatable bonds is 6. The minimum Gasteiger partial charge on any atom is -0.342 e. The highest BCUT2D eigenvalue weighted by Gasteiger charge is 2.28. The Balaban J connectivity index is 1.42. The van der Waals surface area contributed by atoms with Crippen molar-refractivity contribution in [2.24, 2.45) is 0 Å². The van der Waals surface area contributed by atoms with E-state index >= 15 is 0 Å². The summed E-state index contributed by atoms with van der Waals surface area (Å²) < 4.78 is 3.34. The maximum absolute atomic E-state index is 12.9. The third-order valence-electron chi connectivity index (χ3n) is 5.92. The van der Waals surface area contributed by atoms with E-state index in [9.17, 15) is 9.59 Å². The normalized spacial score (nSPS) is 14.7. The highest BCUT2D eigenvalue weighted by Crippen LogP contribution is 2.27. The van der Waals surface area contributed by atoms with Gasteiger partial charge in [-0.15, -0.1) is 0 Å². The van der Waals surface area contributed by atoms with Gasteiger partial charge in [0.05, 0.1) is 13.0 Å². The van der Waals surface area contributed by atoms with E-state index in [1.807, 2.05) is 66.4 Å². The third kappa shape index (κ3) is 4.90. The molecule has 6 nitrogen and oxygen atoms in total. The molecule has 1 aliphatic rings. The first-order valence-electron chi connectivity index (χ1n) is 10.8. The van der Waals surface area contributed by atoms with E-state index in [1.54, 1.807) is 9.25 Å². The fourth-order valence-electron chi connectivity index (χ4n) is 4.19. The van der Waals surface area contributed by atoms with Gasteiger partial charge in [0, 0.05) is 30.6 Å². The first kappa shape index (κ1) is 21.4. The lowest BCUT2D eigenvalue weighted by atomic mass is 9.95. The average Bonchev–Trinajstić information content (AvgIpc) is 3.11. The zero-order chi connectivity index (χ0) is 21.8. The van der Waals surface area contributed by atoms with Crippen LogP contribution in [0.1, 0.15) is 42.6 Å². The Morgan fingerprint density at radius 2 is 1.71 bits per heavy atom. The molecule has 1 saturated heterocycles. The molecule has 0 bridgehead atoms. The predicted molar refractivity (Wildman–Crippen MR) is 121 cm³/mol. The zero-order valence-electron chi connectivity index (χ0n) is 17.7. The molecular formula is C24H27ClN4O2. The number of carbonyl (C=O) groups excluding carboxylic acids is 1. The van der Waals surface area contributed by atoms with Crippen LogP contribution in [0, 0.1) is 0 Å².